The van der Waals surface area contributed by atoms with E-state index < -0.39 is 11.8 Å². The molecule has 0 aliphatic carbocycles. The first kappa shape index (κ1) is 18.9. The molecule has 0 unspecified atom stereocenters. The Balaban J connectivity index is 2.14. The van der Waals surface area contributed by atoms with Crippen molar-refractivity contribution in [3.8, 4) is 0 Å². The molecule has 0 spiro atoms. The maximum atomic E-state index is 12.8. The van der Waals surface area contributed by atoms with Crippen molar-refractivity contribution in [1.82, 2.24) is 14.7 Å². The predicted molar refractivity (Wildman–Crippen MR) is 94.7 cm³/mol. The number of hydrogen-bond donors (Lipinski definition) is 1. The van der Waals surface area contributed by atoms with Gasteiger partial charge in [0, 0.05) is 45.2 Å². The third kappa shape index (κ3) is 5.03. The lowest BCUT2D eigenvalue weighted by atomic mass is 10.1. The first-order valence-electron chi connectivity index (χ1n) is 8.35. The second kappa shape index (κ2) is 8.11. The van der Waals surface area contributed by atoms with Gasteiger partial charge in [-0.1, -0.05) is 12.1 Å². The minimum Gasteiger partial charge on any atom is -0.369 e. The van der Waals surface area contributed by atoms with Crippen LogP contribution >= 0.6 is 0 Å². The highest BCUT2D eigenvalue weighted by Crippen LogP contribution is 2.14. The van der Waals surface area contributed by atoms with Gasteiger partial charge in [-0.2, -0.15) is 0 Å². The van der Waals surface area contributed by atoms with Gasteiger partial charge in [0.1, 0.15) is 0 Å². The summed E-state index contributed by atoms with van der Waals surface area (Å²) in [7, 11) is 3.97. The lowest BCUT2D eigenvalue weighted by Crippen LogP contribution is -2.40. The molecular formula is C18H26N4O3. The van der Waals surface area contributed by atoms with Gasteiger partial charge in [0.2, 0.25) is 11.8 Å². The van der Waals surface area contributed by atoms with E-state index in [1.54, 1.807) is 21.9 Å². The van der Waals surface area contributed by atoms with Gasteiger partial charge in [-0.15, -0.1) is 0 Å². The molecule has 1 aromatic carbocycles. The number of hydrogen-bond acceptors (Lipinski definition) is 4. The Morgan fingerprint density at radius 1 is 1.08 bits per heavy atom. The molecule has 1 aliphatic heterocycles. The van der Waals surface area contributed by atoms with Crippen LogP contribution in [0.1, 0.15) is 22.8 Å². The van der Waals surface area contributed by atoms with Crippen LogP contribution in [0.3, 0.4) is 0 Å². The van der Waals surface area contributed by atoms with E-state index in [9.17, 15) is 14.4 Å². The normalized spacial score (nSPS) is 18.2. The molecule has 0 aromatic heterocycles. The molecule has 0 bridgehead atoms. The molecule has 2 rings (SSSR count). The summed E-state index contributed by atoms with van der Waals surface area (Å²) >= 11 is 0. The largest absolute Gasteiger partial charge is 0.369 e. The fourth-order valence-electron chi connectivity index (χ4n) is 2.96. The SMILES string of the molecule is CC(=O)N1CCN(C(=O)c2ccc(CN(C)C)cc2)C[C@H](C(N)=O)C1. The van der Waals surface area contributed by atoms with Crippen LogP contribution in [0, 0.1) is 5.92 Å². The van der Waals surface area contributed by atoms with E-state index >= 15 is 0 Å². The van der Waals surface area contributed by atoms with E-state index in [0.717, 1.165) is 12.1 Å². The van der Waals surface area contributed by atoms with E-state index in [0.29, 0.717) is 18.7 Å². The minimum absolute atomic E-state index is 0.117. The predicted octanol–water partition coefficient (Wildman–Crippen LogP) is 0.154. The summed E-state index contributed by atoms with van der Waals surface area (Å²) < 4.78 is 0. The standard InChI is InChI=1S/C18H26N4O3/c1-13(23)21-8-9-22(12-16(11-21)17(19)24)18(25)15-6-4-14(5-7-15)10-20(2)3/h4-7,16H,8-12H2,1-3H3,(H2,19,24)/t16-/m1/s1. The number of primary amides is 1. The van der Waals surface area contributed by atoms with Crippen LogP contribution in [0.2, 0.25) is 0 Å². The van der Waals surface area contributed by atoms with Crippen LogP contribution in [-0.2, 0) is 16.1 Å². The Bertz CT molecular complexity index is 642. The molecule has 1 heterocycles. The van der Waals surface area contributed by atoms with Crippen molar-refractivity contribution < 1.29 is 14.4 Å². The molecule has 1 atom stereocenters. The number of benzene rings is 1. The summed E-state index contributed by atoms with van der Waals surface area (Å²) in [6, 6.07) is 7.46. The van der Waals surface area contributed by atoms with E-state index in [1.807, 2.05) is 26.2 Å². The molecule has 136 valence electrons. The van der Waals surface area contributed by atoms with E-state index in [2.05, 4.69) is 4.90 Å². The zero-order valence-electron chi connectivity index (χ0n) is 15.1. The first-order chi connectivity index (χ1) is 11.8. The van der Waals surface area contributed by atoms with Crippen molar-refractivity contribution in [2.75, 3.05) is 40.3 Å². The van der Waals surface area contributed by atoms with Crippen molar-refractivity contribution in [2.24, 2.45) is 11.7 Å². The molecule has 0 radical (unpaired) electrons. The fourth-order valence-corrected chi connectivity index (χ4v) is 2.96. The Morgan fingerprint density at radius 2 is 1.64 bits per heavy atom. The van der Waals surface area contributed by atoms with Gasteiger partial charge in [0.15, 0.2) is 0 Å². The van der Waals surface area contributed by atoms with E-state index in [1.165, 1.54) is 6.92 Å². The van der Waals surface area contributed by atoms with Crippen molar-refractivity contribution in [2.45, 2.75) is 13.5 Å². The van der Waals surface area contributed by atoms with Gasteiger partial charge in [-0.25, -0.2) is 0 Å². The van der Waals surface area contributed by atoms with Gasteiger partial charge in [0.05, 0.1) is 5.92 Å². The fraction of sp³-hybridized carbons (Fsp3) is 0.500. The van der Waals surface area contributed by atoms with Gasteiger partial charge in [-0.3, -0.25) is 14.4 Å². The molecule has 1 saturated heterocycles. The molecule has 25 heavy (non-hydrogen) atoms. The average molecular weight is 346 g/mol. The van der Waals surface area contributed by atoms with E-state index in [4.69, 9.17) is 5.73 Å². The average Bonchev–Trinajstić information content (AvgIpc) is 2.77. The summed E-state index contributed by atoms with van der Waals surface area (Å²) in [5, 5.41) is 0. The quantitative estimate of drug-likeness (QED) is 0.841. The van der Waals surface area contributed by atoms with Crippen molar-refractivity contribution in [3.05, 3.63) is 35.4 Å². The number of rotatable bonds is 4. The zero-order chi connectivity index (χ0) is 18.6. The van der Waals surface area contributed by atoms with Crippen molar-refractivity contribution >= 4 is 17.7 Å². The maximum absolute atomic E-state index is 12.8. The summed E-state index contributed by atoms with van der Waals surface area (Å²) in [4.78, 5) is 41.4. The highest BCUT2D eigenvalue weighted by molar-refractivity contribution is 5.94. The highest BCUT2D eigenvalue weighted by atomic mass is 16.2. The van der Waals surface area contributed by atoms with Crippen molar-refractivity contribution in [3.63, 3.8) is 0 Å². The smallest absolute Gasteiger partial charge is 0.253 e. The third-order valence-electron chi connectivity index (χ3n) is 4.36. The maximum Gasteiger partial charge on any atom is 0.253 e. The van der Waals surface area contributed by atoms with Crippen LogP contribution in [0.4, 0.5) is 0 Å². The van der Waals surface area contributed by atoms with E-state index in [-0.39, 0.29) is 24.9 Å². The van der Waals surface area contributed by atoms with Gasteiger partial charge in [-0.05, 0) is 31.8 Å². The summed E-state index contributed by atoms with van der Waals surface area (Å²) in [6.07, 6.45) is 0. The molecule has 2 N–H and O–H groups in total. The summed E-state index contributed by atoms with van der Waals surface area (Å²) in [6.45, 7) is 3.55. The second-order valence-corrected chi connectivity index (χ2v) is 6.75. The lowest BCUT2D eigenvalue weighted by molar-refractivity contribution is -0.130. The minimum atomic E-state index is -0.552. The topological polar surface area (TPSA) is 87.0 Å². The van der Waals surface area contributed by atoms with Crippen LogP contribution in [0.15, 0.2) is 24.3 Å². The molecule has 1 fully saturated rings. The van der Waals surface area contributed by atoms with Crippen molar-refractivity contribution in [1.29, 1.82) is 0 Å². The Kier molecular flexibility index (Phi) is 6.14. The molecule has 0 saturated carbocycles. The summed E-state index contributed by atoms with van der Waals surface area (Å²) in [5.41, 5.74) is 7.14. The van der Waals surface area contributed by atoms with Gasteiger partial charge in [0.25, 0.3) is 5.91 Å². The Morgan fingerprint density at radius 3 is 2.16 bits per heavy atom. The number of carbonyl (C=O) groups is 3. The Hall–Kier alpha value is -2.41. The number of carbonyl (C=O) groups excluding carboxylic acids is 3. The van der Waals surface area contributed by atoms with Gasteiger partial charge >= 0.3 is 0 Å². The Labute approximate surface area is 148 Å². The van der Waals surface area contributed by atoms with Crippen LogP contribution < -0.4 is 5.73 Å². The van der Waals surface area contributed by atoms with Crippen LogP contribution in [0.5, 0.6) is 0 Å². The number of amides is 3. The van der Waals surface area contributed by atoms with Gasteiger partial charge < -0.3 is 20.4 Å². The zero-order valence-corrected chi connectivity index (χ0v) is 15.1. The summed E-state index contributed by atoms with van der Waals surface area (Å²) in [5.74, 6) is -1.31. The molecule has 1 aromatic rings. The molecule has 1 aliphatic rings. The van der Waals surface area contributed by atoms with Crippen LogP contribution in [0.25, 0.3) is 0 Å². The second-order valence-electron chi connectivity index (χ2n) is 6.75. The monoisotopic (exact) mass is 346 g/mol. The molecule has 3 amide bonds. The lowest BCUT2D eigenvalue weighted by Gasteiger charge is -2.22. The first-order valence-corrected chi connectivity index (χ1v) is 8.35. The molecule has 7 heteroatoms. The number of nitrogens with two attached hydrogens (primary N) is 1. The number of nitrogens with zero attached hydrogens (tertiary/aromatic N) is 3. The third-order valence-corrected chi connectivity index (χ3v) is 4.36. The van der Waals surface area contributed by atoms with Crippen LogP contribution in [-0.4, -0.2) is 72.7 Å². The molecular weight excluding hydrogens is 320 g/mol. The highest BCUT2D eigenvalue weighted by Gasteiger charge is 2.30. The molecule has 7 nitrogen and oxygen atoms in total.